The van der Waals surface area contributed by atoms with E-state index in [4.69, 9.17) is 9.84 Å². The van der Waals surface area contributed by atoms with Crippen molar-refractivity contribution in [1.29, 1.82) is 0 Å². The average molecular weight is 201 g/mol. The van der Waals surface area contributed by atoms with Crippen molar-refractivity contribution in [3.63, 3.8) is 0 Å². The van der Waals surface area contributed by atoms with E-state index in [1.807, 2.05) is 0 Å². The van der Waals surface area contributed by atoms with Crippen molar-refractivity contribution in [2.75, 3.05) is 32.8 Å². The molecule has 0 aliphatic carbocycles. The molecule has 1 aliphatic rings. The van der Waals surface area contributed by atoms with E-state index in [1.165, 1.54) is 19.4 Å². The fourth-order valence-electron chi connectivity index (χ4n) is 1.93. The van der Waals surface area contributed by atoms with E-state index in [2.05, 4.69) is 11.8 Å². The number of aliphatic hydroxyl groups is 1. The molecule has 0 radical (unpaired) electrons. The average Bonchev–Trinajstić information content (AvgIpc) is 2.24. The number of ether oxygens (including phenoxy) is 1. The maximum Gasteiger partial charge on any atom is 0.0702 e. The van der Waals surface area contributed by atoms with Crippen LogP contribution in [0.3, 0.4) is 0 Å². The number of nitrogens with zero attached hydrogens (tertiary/aromatic N) is 1. The van der Waals surface area contributed by atoms with Crippen LogP contribution in [0.25, 0.3) is 0 Å². The summed E-state index contributed by atoms with van der Waals surface area (Å²) in [5.41, 5.74) is 0. The van der Waals surface area contributed by atoms with Crippen LogP contribution in [0.5, 0.6) is 0 Å². The van der Waals surface area contributed by atoms with Gasteiger partial charge in [-0.25, -0.2) is 0 Å². The van der Waals surface area contributed by atoms with Crippen LogP contribution in [-0.4, -0.2) is 49.0 Å². The van der Waals surface area contributed by atoms with Crippen LogP contribution in [0.4, 0.5) is 0 Å². The van der Waals surface area contributed by atoms with Crippen molar-refractivity contribution < 1.29 is 9.84 Å². The SMILES string of the molecule is CCCOC1CCCN(CCCO)C1. The normalized spacial score (nSPS) is 24.0. The van der Waals surface area contributed by atoms with Crippen molar-refractivity contribution in [3.05, 3.63) is 0 Å². The largest absolute Gasteiger partial charge is 0.396 e. The molecular weight excluding hydrogens is 178 g/mol. The fraction of sp³-hybridized carbons (Fsp3) is 1.00. The Morgan fingerprint density at radius 3 is 3.07 bits per heavy atom. The monoisotopic (exact) mass is 201 g/mol. The van der Waals surface area contributed by atoms with Crippen LogP contribution < -0.4 is 0 Å². The van der Waals surface area contributed by atoms with E-state index in [-0.39, 0.29) is 0 Å². The summed E-state index contributed by atoms with van der Waals surface area (Å²) in [6.45, 7) is 6.58. The van der Waals surface area contributed by atoms with E-state index in [0.717, 1.165) is 32.5 Å². The number of rotatable bonds is 6. The van der Waals surface area contributed by atoms with Crippen LogP contribution in [0.15, 0.2) is 0 Å². The van der Waals surface area contributed by atoms with Gasteiger partial charge in [-0.05, 0) is 32.2 Å². The van der Waals surface area contributed by atoms with Gasteiger partial charge in [-0.3, -0.25) is 0 Å². The standard InChI is InChI=1S/C11H23NO2/c1-2-9-14-11-5-3-6-12(10-11)7-4-8-13/h11,13H,2-10H2,1H3. The van der Waals surface area contributed by atoms with Gasteiger partial charge in [0.25, 0.3) is 0 Å². The summed E-state index contributed by atoms with van der Waals surface area (Å²) in [5.74, 6) is 0. The van der Waals surface area contributed by atoms with Gasteiger partial charge >= 0.3 is 0 Å². The van der Waals surface area contributed by atoms with Gasteiger partial charge in [0, 0.05) is 26.3 Å². The highest BCUT2D eigenvalue weighted by molar-refractivity contribution is 4.73. The molecule has 3 nitrogen and oxygen atoms in total. The fourth-order valence-corrected chi connectivity index (χ4v) is 1.93. The Labute approximate surface area is 87.1 Å². The molecule has 0 amide bonds. The predicted octanol–water partition coefficient (Wildman–Crippen LogP) is 1.26. The quantitative estimate of drug-likeness (QED) is 0.702. The molecule has 1 unspecified atom stereocenters. The first-order valence-corrected chi connectivity index (χ1v) is 5.81. The molecule has 1 fully saturated rings. The molecule has 1 heterocycles. The minimum Gasteiger partial charge on any atom is -0.396 e. The molecule has 1 rings (SSSR count). The third-order valence-electron chi connectivity index (χ3n) is 2.65. The Bertz CT molecular complexity index is 127. The van der Waals surface area contributed by atoms with E-state index in [0.29, 0.717) is 12.7 Å². The molecule has 0 aromatic rings. The second-order valence-electron chi connectivity index (χ2n) is 4.01. The summed E-state index contributed by atoms with van der Waals surface area (Å²) in [6.07, 6.45) is 4.87. The molecule has 84 valence electrons. The third-order valence-corrected chi connectivity index (χ3v) is 2.65. The van der Waals surface area contributed by atoms with Gasteiger partial charge in [-0.1, -0.05) is 6.92 Å². The van der Waals surface area contributed by atoms with Gasteiger partial charge in [-0.15, -0.1) is 0 Å². The van der Waals surface area contributed by atoms with Crippen molar-refractivity contribution >= 4 is 0 Å². The molecular formula is C11H23NO2. The van der Waals surface area contributed by atoms with Crippen molar-refractivity contribution in [3.8, 4) is 0 Å². The molecule has 0 aromatic carbocycles. The first-order valence-electron chi connectivity index (χ1n) is 5.81. The lowest BCUT2D eigenvalue weighted by Crippen LogP contribution is -2.40. The van der Waals surface area contributed by atoms with Gasteiger partial charge in [-0.2, -0.15) is 0 Å². The van der Waals surface area contributed by atoms with Crippen LogP contribution in [-0.2, 0) is 4.74 Å². The Balaban J connectivity index is 2.14. The molecule has 1 N–H and O–H groups in total. The first-order chi connectivity index (χ1) is 6.86. The summed E-state index contributed by atoms with van der Waals surface area (Å²) in [6, 6.07) is 0. The second kappa shape index (κ2) is 7.21. The Kier molecular flexibility index (Phi) is 6.15. The lowest BCUT2D eigenvalue weighted by Gasteiger charge is -2.32. The van der Waals surface area contributed by atoms with Gasteiger partial charge in [0.2, 0.25) is 0 Å². The molecule has 0 aromatic heterocycles. The van der Waals surface area contributed by atoms with E-state index in [9.17, 15) is 0 Å². The van der Waals surface area contributed by atoms with Gasteiger partial charge in [0.15, 0.2) is 0 Å². The van der Waals surface area contributed by atoms with Crippen LogP contribution in [0, 0.1) is 0 Å². The smallest absolute Gasteiger partial charge is 0.0702 e. The van der Waals surface area contributed by atoms with Gasteiger partial charge in [0.05, 0.1) is 6.10 Å². The van der Waals surface area contributed by atoms with Crippen LogP contribution in [0.1, 0.15) is 32.6 Å². The van der Waals surface area contributed by atoms with E-state index >= 15 is 0 Å². The summed E-state index contributed by atoms with van der Waals surface area (Å²) in [5, 5.41) is 8.75. The van der Waals surface area contributed by atoms with Gasteiger partial charge < -0.3 is 14.7 Å². The minimum atomic E-state index is 0.303. The third kappa shape index (κ3) is 4.40. The predicted molar refractivity (Wildman–Crippen MR) is 57.4 cm³/mol. The molecule has 0 bridgehead atoms. The summed E-state index contributed by atoms with van der Waals surface area (Å²) >= 11 is 0. The topological polar surface area (TPSA) is 32.7 Å². The summed E-state index contributed by atoms with van der Waals surface area (Å²) < 4.78 is 5.74. The summed E-state index contributed by atoms with van der Waals surface area (Å²) in [7, 11) is 0. The molecule has 0 spiro atoms. The highest BCUT2D eigenvalue weighted by atomic mass is 16.5. The zero-order chi connectivity index (χ0) is 10.2. The zero-order valence-corrected chi connectivity index (χ0v) is 9.24. The highest BCUT2D eigenvalue weighted by Crippen LogP contribution is 2.13. The summed E-state index contributed by atoms with van der Waals surface area (Å²) in [4.78, 5) is 2.40. The first kappa shape index (κ1) is 12.0. The highest BCUT2D eigenvalue weighted by Gasteiger charge is 2.19. The lowest BCUT2D eigenvalue weighted by molar-refractivity contribution is -0.00118. The lowest BCUT2D eigenvalue weighted by atomic mass is 10.1. The number of aliphatic hydroxyl groups excluding tert-OH is 1. The minimum absolute atomic E-state index is 0.303. The number of hydrogen-bond donors (Lipinski definition) is 1. The Morgan fingerprint density at radius 1 is 1.50 bits per heavy atom. The van der Waals surface area contributed by atoms with E-state index < -0.39 is 0 Å². The van der Waals surface area contributed by atoms with Crippen molar-refractivity contribution in [2.45, 2.75) is 38.7 Å². The maximum absolute atomic E-state index is 8.75. The van der Waals surface area contributed by atoms with Crippen molar-refractivity contribution in [2.24, 2.45) is 0 Å². The second-order valence-corrected chi connectivity index (χ2v) is 4.01. The van der Waals surface area contributed by atoms with Gasteiger partial charge in [0.1, 0.15) is 0 Å². The zero-order valence-electron chi connectivity index (χ0n) is 9.24. The molecule has 1 aliphatic heterocycles. The Hall–Kier alpha value is -0.120. The van der Waals surface area contributed by atoms with Crippen molar-refractivity contribution in [1.82, 2.24) is 4.90 Å². The molecule has 0 saturated carbocycles. The number of hydrogen-bond acceptors (Lipinski definition) is 3. The Morgan fingerprint density at radius 2 is 2.36 bits per heavy atom. The molecule has 1 saturated heterocycles. The number of piperidine rings is 1. The van der Waals surface area contributed by atoms with Crippen LogP contribution in [0.2, 0.25) is 0 Å². The molecule has 3 heteroatoms. The van der Waals surface area contributed by atoms with E-state index in [1.54, 1.807) is 0 Å². The maximum atomic E-state index is 8.75. The molecule has 14 heavy (non-hydrogen) atoms. The molecule has 1 atom stereocenters. The number of likely N-dealkylation sites (tertiary alicyclic amines) is 1. The van der Waals surface area contributed by atoms with Crippen LogP contribution >= 0.6 is 0 Å².